The van der Waals surface area contributed by atoms with E-state index in [-0.39, 0.29) is 67.5 Å². The molecule has 1 fully saturated rings. The highest BCUT2D eigenvalue weighted by Gasteiger charge is 2.25. The molecule has 0 radical (unpaired) electrons. The van der Waals surface area contributed by atoms with Gasteiger partial charge in [-0.3, -0.25) is 14.1 Å². The van der Waals surface area contributed by atoms with E-state index in [9.17, 15) is 31.0 Å². The molecule has 0 unspecified atom stereocenters. The Morgan fingerprint density at radius 2 is 1.45 bits per heavy atom. The van der Waals surface area contributed by atoms with E-state index in [1.807, 2.05) is 11.0 Å². The summed E-state index contributed by atoms with van der Waals surface area (Å²) >= 11 is 0.578. The third-order valence-electron chi connectivity index (χ3n) is 11.3. The summed E-state index contributed by atoms with van der Waals surface area (Å²) < 4.78 is 90.2. The highest BCUT2D eigenvalue weighted by Crippen LogP contribution is 2.46. The molecule has 1 saturated heterocycles. The fraction of sp³-hybridized carbons (Fsp3) is 0.146. The van der Waals surface area contributed by atoms with E-state index in [2.05, 4.69) is 71.3 Å². The van der Waals surface area contributed by atoms with Crippen molar-refractivity contribution in [1.82, 2.24) is 19.9 Å². The van der Waals surface area contributed by atoms with Gasteiger partial charge in [0, 0.05) is 47.2 Å². The fourth-order valence-corrected chi connectivity index (χ4v) is 9.83. The Kier molecular flexibility index (Phi) is 16.4. The first-order chi connectivity index (χ1) is 37.6. The van der Waals surface area contributed by atoms with Crippen LogP contribution >= 0.6 is 12.0 Å². The Labute approximate surface area is 447 Å². The lowest BCUT2D eigenvalue weighted by atomic mass is 10.1. The molecule has 0 aliphatic carbocycles. The number of methoxy groups -OCH3 is 2. The van der Waals surface area contributed by atoms with Gasteiger partial charge in [-0.25, -0.2) is 10.2 Å². The predicted octanol–water partition coefficient (Wildman–Crippen LogP) is 11.4. The Morgan fingerprint density at radius 1 is 0.718 bits per heavy atom. The maximum absolute atomic E-state index is 12.6. The summed E-state index contributed by atoms with van der Waals surface area (Å²) in [6, 6.07) is 24.0. The highest BCUT2D eigenvalue weighted by molar-refractivity contribution is 7.94. The molecular formula is C48H42N14O13S3. The molecule has 30 heteroatoms. The van der Waals surface area contributed by atoms with Gasteiger partial charge >= 0.3 is 0 Å². The molecular weight excluding hydrogens is 1080 g/mol. The zero-order valence-corrected chi connectivity index (χ0v) is 43.3. The highest BCUT2D eigenvalue weighted by atomic mass is 32.2. The van der Waals surface area contributed by atoms with Crippen LogP contribution in [0.1, 0.15) is 5.56 Å². The van der Waals surface area contributed by atoms with Gasteiger partial charge in [0.2, 0.25) is 17.8 Å². The summed E-state index contributed by atoms with van der Waals surface area (Å²) in [5.41, 5.74) is 2.53. The van der Waals surface area contributed by atoms with Crippen molar-refractivity contribution < 1.29 is 59.9 Å². The van der Waals surface area contributed by atoms with Crippen LogP contribution in [0.4, 0.5) is 69.0 Å². The van der Waals surface area contributed by atoms with Crippen LogP contribution in [-0.4, -0.2) is 103 Å². The van der Waals surface area contributed by atoms with Gasteiger partial charge in [0.05, 0.1) is 73.3 Å². The van der Waals surface area contributed by atoms with Gasteiger partial charge in [-0.05, 0) is 90.7 Å². The maximum Gasteiger partial charge on any atom is 0.297 e. The van der Waals surface area contributed by atoms with Gasteiger partial charge in [0.1, 0.15) is 38.3 Å². The average molecular weight is 1120 g/mol. The van der Waals surface area contributed by atoms with E-state index in [4.69, 9.17) is 23.8 Å². The van der Waals surface area contributed by atoms with E-state index < -0.39 is 30.0 Å². The number of nitrogens with zero attached hydrogens (tertiary/aromatic N) is 12. The molecule has 1 aliphatic heterocycles. The van der Waals surface area contributed by atoms with Crippen molar-refractivity contribution in [2.24, 2.45) is 35.7 Å². The number of nitrogens with one attached hydrogen (secondary N) is 2. The summed E-state index contributed by atoms with van der Waals surface area (Å²) in [6.07, 6.45) is 4.40. The van der Waals surface area contributed by atoms with Crippen LogP contribution in [0.25, 0.3) is 21.5 Å². The molecule has 0 amide bonds. The summed E-state index contributed by atoms with van der Waals surface area (Å²) in [5, 5.41) is 57.3. The van der Waals surface area contributed by atoms with Crippen LogP contribution in [-0.2, 0) is 39.1 Å². The van der Waals surface area contributed by atoms with Crippen molar-refractivity contribution >= 4 is 129 Å². The molecule has 2 aromatic heterocycles. The number of azo groups is 3. The molecule has 0 bridgehead atoms. The van der Waals surface area contributed by atoms with E-state index in [1.54, 1.807) is 67.8 Å². The summed E-state index contributed by atoms with van der Waals surface area (Å²) in [4.78, 5) is 23.2. The number of aryl methyl sites for hydroxylation is 1. The third kappa shape index (κ3) is 12.6. The smallest absolute Gasteiger partial charge is 0.297 e. The molecule has 0 saturated carbocycles. The number of aromatic nitrogens is 4. The minimum absolute atomic E-state index is 0.000395. The van der Waals surface area contributed by atoms with Crippen molar-refractivity contribution in [3.8, 4) is 11.5 Å². The molecule has 9 rings (SSSR count). The number of benzene rings is 6. The largest absolute Gasteiger partial charge is 0.505 e. The van der Waals surface area contributed by atoms with E-state index in [0.29, 0.717) is 83.4 Å². The number of hydrogen-bond acceptors (Lipinski definition) is 26. The number of aliphatic imine (C=N–C) groups is 1. The van der Waals surface area contributed by atoms with Crippen molar-refractivity contribution in [2.45, 2.75) is 21.6 Å². The minimum Gasteiger partial charge on any atom is -0.505 e. The third-order valence-corrected chi connectivity index (χ3v) is 13.8. The number of anilines is 5. The number of hydrogen-bond donors (Lipinski definition) is 6. The second-order valence-corrected chi connectivity index (χ2v) is 19.9. The first-order valence-electron chi connectivity index (χ1n) is 22.7. The van der Waals surface area contributed by atoms with Crippen LogP contribution in [0.3, 0.4) is 0 Å². The predicted molar refractivity (Wildman–Crippen MR) is 285 cm³/mol. The fourth-order valence-electron chi connectivity index (χ4n) is 7.80. The Bertz CT molecular complexity index is 3930. The van der Waals surface area contributed by atoms with Crippen LogP contribution in [0, 0.1) is 6.92 Å². The number of morpholine rings is 1. The van der Waals surface area contributed by atoms with Crippen molar-refractivity contribution in [3.05, 3.63) is 115 Å². The molecule has 0 spiro atoms. The Morgan fingerprint density at radius 3 is 2.15 bits per heavy atom. The Hall–Kier alpha value is -8.72. The number of phenols is 1. The quantitative estimate of drug-likeness (QED) is 0.00833. The number of ether oxygens (including phenoxy) is 3. The summed E-state index contributed by atoms with van der Waals surface area (Å²) in [7, 11) is -7.11. The lowest BCUT2D eigenvalue weighted by Gasteiger charge is -2.27. The van der Waals surface area contributed by atoms with Crippen LogP contribution in [0.5, 0.6) is 11.5 Å². The summed E-state index contributed by atoms with van der Waals surface area (Å²) in [5.74, 6) is 0.844. The zero-order chi connectivity index (χ0) is 55.0. The monoisotopic (exact) mass is 1120 g/mol. The van der Waals surface area contributed by atoms with Gasteiger partial charge in [-0.1, -0.05) is 23.2 Å². The van der Waals surface area contributed by atoms with Gasteiger partial charge in [-0.15, -0.1) is 24.8 Å². The molecule has 8 aromatic rings. The lowest BCUT2D eigenvalue weighted by Crippen LogP contribution is -2.37. The first kappa shape index (κ1) is 54.1. The Balaban J connectivity index is 0.965. The van der Waals surface area contributed by atoms with Crippen LogP contribution in [0.2, 0.25) is 0 Å². The standard InChI is InChI=1S/C48H42N14O13S3/c1-27-20-30(56-60-39-23-37(50-26-71-2)38(24-40(39)72-3)59-58-36-14-12-33-34(45(36)78(68,69)70)7-4-8-42(33)77(65,66)67)10-13-35(27)57-61-43-41(76-75-74-64)22-28-21-29(9-11-32(28)44(43)63)51-46-53-47(52-31-6-5-15-49-25-31)55-48(54-46)62-16-18-73-19-17-62/h4-15,20-26,63-64H,16-19H2,1-3H3,(H,65,66,67)(H,68,69,70)(H2,51,52,53,54,55). The SMILES string of the molecule is COC=Nc1cc(N=Nc2ccc(N=Nc3c(SOOO)cc4cc(Nc5nc(Nc6cccnc6)nc(N6CCOCC6)n5)ccc4c3O)c(C)c2)c(OC)cc1N=Nc1ccc2c(S(=O)(=O)O)cccc2c1S(=O)(=O)O. The number of pyridine rings is 1. The van der Waals surface area contributed by atoms with Crippen molar-refractivity contribution in [3.63, 3.8) is 0 Å². The average Bonchev–Trinajstić information content (AvgIpc) is 3.62. The number of phenolic OH excluding ortho intramolecular Hbond substituents is 1. The van der Waals surface area contributed by atoms with Gasteiger partial charge < -0.3 is 34.9 Å². The number of rotatable bonds is 19. The molecule has 1 aliphatic rings. The van der Waals surface area contributed by atoms with Crippen LogP contribution < -0.4 is 20.3 Å². The molecule has 6 aromatic carbocycles. The molecule has 0 atom stereocenters. The van der Waals surface area contributed by atoms with E-state index in [1.165, 1.54) is 44.6 Å². The lowest BCUT2D eigenvalue weighted by molar-refractivity contribution is -0.432. The molecule has 3 heterocycles. The second kappa shape index (κ2) is 23.7. The van der Waals surface area contributed by atoms with Crippen molar-refractivity contribution in [2.75, 3.05) is 56.1 Å². The second-order valence-electron chi connectivity index (χ2n) is 16.4. The zero-order valence-electron chi connectivity index (χ0n) is 40.9. The van der Waals surface area contributed by atoms with E-state index >= 15 is 0 Å². The number of aromatic hydroxyl groups is 1. The molecule has 27 nitrogen and oxygen atoms in total. The minimum atomic E-state index is -5.04. The van der Waals surface area contributed by atoms with Gasteiger partial charge in [-0.2, -0.15) is 42.0 Å². The first-order valence-corrected chi connectivity index (χ1v) is 26.3. The molecule has 400 valence electrons. The van der Waals surface area contributed by atoms with Gasteiger partial charge in [0.15, 0.2) is 12.2 Å². The van der Waals surface area contributed by atoms with Crippen molar-refractivity contribution in [1.29, 1.82) is 0 Å². The maximum atomic E-state index is 12.6. The summed E-state index contributed by atoms with van der Waals surface area (Å²) in [6.45, 7) is 3.97. The topological polar surface area (TPSA) is 361 Å². The molecule has 6 N–H and O–H groups in total. The molecule has 78 heavy (non-hydrogen) atoms. The van der Waals surface area contributed by atoms with Gasteiger partial charge in [0.25, 0.3) is 20.2 Å². The van der Waals surface area contributed by atoms with E-state index in [0.717, 1.165) is 18.5 Å². The number of fused-ring (bicyclic) bond motifs is 2. The normalized spacial score (nSPS) is 13.4. The van der Waals surface area contributed by atoms with Crippen LogP contribution in [0.15, 0.2) is 160 Å².